The minimum atomic E-state index is 0.166. The maximum atomic E-state index is 12.9. The van der Waals surface area contributed by atoms with Crippen molar-refractivity contribution < 1.29 is 4.79 Å². The van der Waals surface area contributed by atoms with E-state index in [1.807, 2.05) is 24.0 Å². The van der Waals surface area contributed by atoms with E-state index in [0.29, 0.717) is 18.5 Å². The fourth-order valence-corrected chi connectivity index (χ4v) is 3.37. The van der Waals surface area contributed by atoms with Crippen molar-refractivity contribution in [1.82, 2.24) is 4.90 Å². The zero-order valence-corrected chi connectivity index (χ0v) is 12.9. The van der Waals surface area contributed by atoms with Crippen molar-refractivity contribution in [2.75, 3.05) is 13.1 Å². The van der Waals surface area contributed by atoms with Crippen LogP contribution in [0.25, 0.3) is 0 Å². The van der Waals surface area contributed by atoms with Crippen molar-refractivity contribution in [2.24, 2.45) is 11.7 Å². The zero-order chi connectivity index (χ0) is 14.7. The SMILES string of the molecule is CCN(C(=O)c1cccc(C)c1C)C1CCCC1CN. The molecule has 20 heavy (non-hydrogen) atoms. The Bertz CT molecular complexity index is 484. The molecule has 110 valence electrons. The number of hydrogen-bond donors (Lipinski definition) is 1. The quantitative estimate of drug-likeness (QED) is 0.917. The molecule has 1 aromatic rings. The summed E-state index contributed by atoms with van der Waals surface area (Å²) in [5, 5.41) is 0. The Morgan fingerprint density at radius 2 is 2.10 bits per heavy atom. The van der Waals surface area contributed by atoms with E-state index in [2.05, 4.69) is 19.9 Å². The second kappa shape index (κ2) is 6.40. The molecule has 1 amide bonds. The Morgan fingerprint density at radius 1 is 1.35 bits per heavy atom. The summed E-state index contributed by atoms with van der Waals surface area (Å²) in [5.41, 5.74) is 8.98. The summed E-state index contributed by atoms with van der Waals surface area (Å²) in [6.45, 7) is 7.59. The number of aryl methyl sites for hydroxylation is 1. The summed E-state index contributed by atoms with van der Waals surface area (Å²) in [6.07, 6.45) is 3.42. The summed E-state index contributed by atoms with van der Waals surface area (Å²) in [6, 6.07) is 6.29. The molecule has 3 heteroatoms. The maximum absolute atomic E-state index is 12.9. The van der Waals surface area contributed by atoms with Crippen LogP contribution in [0.4, 0.5) is 0 Å². The molecule has 2 N–H and O–H groups in total. The van der Waals surface area contributed by atoms with Crippen LogP contribution in [-0.4, -0.2) is 29.9 Å². The highest BCUT2D eigenvalue weighted by Gasteiger charge is 2.33. The average Bonchev–Trinajstić information content (AvgIpc) is 2.91. The summed E-state index contributed by atoms with van der Waals surface area (Å²) in [5.74, 6) is 0.628. The molecule has 2 rings (SSSR count). The van der Waals surface area contributed by atoms with Gasteiger partial charge in [0.2, 0.25) is 0 Å². The lowest BCUT2D eigenvalue weighted by Crippen LogP contribution is -2.44. The lowest BCUT2D eigenvalue weighted by Gasteiger charge is -2.32. The van der Waals surface area contributed by atoms with Gasteiger partial charge in [-0.15, -0.1) is 0 Å². The molecule has 2 unspecified atom stereocenters. The first-order chi connectivity index (χ1) is 9.60. The number of rotatable bonds is 4. The molecule has 1 aromatic carbocycles. The highest BCUT2D eigenvalue weighted by Crippen LogP contribution is 2.30. The van der Waals surface area contributed by atoms with Gasteiger partial charge in [0.05, 0.1) is 0 Å². The largest absolute Gasteiger partial charge is 0.336 e. The number of benzene rings is 1. The van der Waals surface area contributed by atoms with Gasteiger partial charge in [0, 0.05) is 18.2 Å². The molecule has 1 aliphatic rings. The first kappa shape index (κ1) is 15.0. The zero-order valence-electron chi connectivity index (χ0n) is 12.9. The lowest BCUT2D eigenvalue weighted by atomic mass is 9.98. The molecule has 0 radical (unpaired) electrons. The predicted molar refractivity (Wildman–Crippen MR) is 82.8 cm³/mol. The van der Waals surface area contributed by atoms with Crippen LogP contribution in [0.3, 0.4) is 0 Å². The number of carbonyl (C=O) groups excluding carboxylic acids is 1. The first-order valence-corrected chi connectivity index (χ1v) is 7.67. The Hall–Kier alpha value is -1.35. The molecule has 1 saturated carbocycles. The number of amides is 1. The van der Waals surface area contributed by atoms with Crippen LogP contribution in [0.2, 0.25) is 0 Å². The summed E-state index contributed by atoms with van der Waals surface area (Å²) in [4.78, 5) is 14.9. The topological polar surface area (TPSA) is 46.3 Å². The second-order valence-electron chi connectivity index (χ2n) is 5.83. The van der Waals surface area contributed by atoms with Gasteiger partial charge >= 0.3 is 0 Å². The summed E-state index contributed by atoms with van der Waals surface area (Å²) < 4.78 is 0. The number of nitrogens with zero attached hydrogens (tertiary/aromatic N) is 1. The van der Waals surface area contributed by atoms with Crippen LogP contribution in [0, 0.1) is 19.8 Å². The molecule has 0 bridgehead atoms. The summed E-state index contributed by atoms with van der Waals surface area (Å²) >= 11 is 0. The Kier molecular flexibility index (Phi) is 4.81. The highest BCUT2D eigenvalue weighted by atomic mass is 16.2. The third kappa shape index (κ3) is 2.73. The van der Waals surface area contributed by atoms with Gasteiger partial charge < -0.3 is 10.6 Å². The molecule has 0 saturated heterocycles. The smallest absolute Gasteiger partial charge is 0.254 e. The van der Waals surface area contributed by atoms with Gasteiger partial charge in [-0.05, 0) is 63.3 Å². The number of hydrogen-bond acceptors (Lipinski definition) is 2. The van der Waals surface area contributed by atoms with Crippen molar-refractivity contribution in [3.05, 3.63) is 34.9 Å². The van der Waals surface area contributed by atoms with Crippen LogP contribution >= 0.6 is 0 Å². The second-order valence-corrected chi connectivity index (χ2v) is 5.83. The molecule has 1 fully saturated rings. The van der Waals surface area contributed by atoms with Gasteiger partial charge in [-0.3, -0.25) is 4.79 Å². The van der Waals surface area contributed by atoms with Gasteiger partial charge in [-0.2, -0.15) is 0 Å². The number of carbonyl (C=O) groups is 1. The molecule has 0 heterocycles. The van der Waals surface area contributed by atoms with Gasteiger partial charge in [0.15, 0.2) is 0 Å². The minimum Gasteiger partial charge on any atom is -0.336 e. The normalized spacial score (nSPS) is 22.0. The van der Waals surface area contributed by atoms with Crippen LogP contribution < -0.4 is 5.73 Å². The van der Waals surface area contributed by atoms with Crippen molar-refractivity contribution in [1.29, 1.82) is 0 Å². The van der Waals surface area contributed by atoms with Crippen molar-refractivity contribution in [3.8, 4) is 0 Å². The van der Waals surface area contributed by atoms with E-state index in [0.717, 1.165) is 30.5 Å². The Balaban J connectivity index is 2.27. The van der Waals surface area contributed by atoms with E-state index in [4.69, 9.17) is 5.73 Å². The number of nitrogens with two attached hydrogens (primary N) is 1. The van der Waals surface area contributed by atoms with E-state index in [1.165, 1.54) is 12.0 Å². The first-order valence-electron chi connectivity index (χ1n) is 7.67. The van der Waals surface area contributed by atoms with Gasteiger partial charge in [0.1, 0.15) is 0 Å². The van der Waals surface area contributed by atoms with Crippen LogP contribution in [0.15, 0.2) is 18.2 Å². The predicted octanol–water partition coefficient (Wildman–Crippen LogP) is 2.89. The van der Waals surface area contributed by atoms with E-state index < -0.39 is 0 Å². The monoisotopic (exact) mass is 274 g/mol. The maximum Gasteiger partial charge on any atom is 0.254 e. The standard InChI is InChI=1S/C17H26N2O/c1-4-19(16-10-6-8-14(16)11-18)17(20)15-9-5-7-12(2)13(15)3/h5,7,9,14,16H,4,6,8,10-11,18H2,1-3H3. The third-order valence-corrected chi connectivity index (χ3v) is 4.76. The highest BCUT2D eigenvalue weighted by molar-refractivity contribution is 5.96. The van der Waals surface area contributed by atoms with Gasteiger partial charge in [-0.1, -0.05) is 18.6 Å². The van der Waals surface area contributed by atoms with Crippen LogP contribution in [-0.2, 0) is 0 Å². The average molecular weight is 274 g/mol. The summed E-state index contributed by atoms with van der Waals surface area (Å²) in [7, 11) is 0. The fourth-order valence-electron chi connectivity index (χ4n) is 3.37. The minimum absolute atomic E-state index is 0.166. The molecule has 2 atom stereocenters. The molecular formula is C17H26N2O. The molecule has 0 aromatic heterocycles. The van der Waals surface area contributed by atoms with E-state index in [9.17, 15) is 4.79 Å². The van der Waals surface area contributed by atoms with E-state index >= 15 is 0 Å². The molecular weight excluding hydrogens is 248 g/mol. The third-order valence-electron chi connectivity index (χ3n) is 4.76. The van der Waals surface area contributed by atoms with Crippen LogP contribution in [0.1, 0.15) is 47.7 Å². The lowest BCUT2D eigenvalue weighted by molar-refractivity contribution is 0.0651. The Morgan fingerprint density at radius 3 is 2.75 bits per heavy atom. The van der Waals surface area contributed by atoms with Gasteiger partial charge in [0.25, 0.3) is 5.91 Å². The van der Waals surface area contributed by atoms with Crippen molar-refractivity contribution in [2.45, 2.75) is 46.1 Å². The fraction of sp³-hybridized carbons (Fsp3) is 0.588. The molecule has 0 aliphatic heterocycles. The Labute approximate surface area is 122 Å². The molecule has 1 aliphatic carbocycles. The molecule has 0 spiro atoms. The van der Waals surface area contributed by atoms with E-state index in [-0.39, 0.29) is 5.91 Å². The molecule has 3 nitrogen and oxygen atoms in total. The van der Waals surface area contributed by atoms with Crippen molar-refractivity contribution >= 4 is 5.91 Å². The van der Waals surface area contributed by atoms with Crippen LogP contribution in [0.5, 0.6) is 0 Å². The van der Waals surface area contributed by atoms with Gasteiger partial charge in [-0.25, -0.2) is 0 Å². The van der Waals surface area contributed by atoms with Crippen molar-refractivity contribution in [3.63, 3.8) is 0 Å². The van der Waals surface area contributed by atoms with E-state index in [1.54, 1.807) is 0 Å².